The SMILES string of the molecule is CC1(C)[C@@H](O)CC[C@]2(C)C3C(=O)C=C4[C@H]5C[C@@](C)(C(=O)O)CC[C@]5(C)CC[C@@]4(C)[C@]3(C)CC[C@@H]12. The molecule has 0 heterocycles. The molecule has 0 amide bonds. The van der Waals surface area contributed by atoms with Crippen LogP contribution in [-0.2, 0) is 9.59 Å². The van der Waals surface area contributed by atoms with E-state index >= 15 is 0 Å². The highest BCUT2D eigenvalue weighted by Crippen LogP contribution is 2.75. The number of aliphatic hydroxyl groups excluding tert-OH is 1. The number of ketones is 1. The minimum Gasteiger partial charge on any atom is -0.481 e. The Bertz CT molecular complexity index is 965. The van der Waals surface area contributed by atoms with Gasteiger partial charge in [0.25, 0.3) is 0 Å². The largest absolute Gasteiger partial charge is 0.481 e. The van der Waals surface area contributed by atoms with E-state index in [-0.39, 0.29) is 50.8 Å². The molecule has 0 bridgehead atoms. The molecule has 4 saturated carbocycles. The summed E-state index contributed by atoms with van der Waals surface area (Å²) in [5.74, 6) is 0.0603. The van der Waals surface area contributed by atoms with Crippen LogP contribution in [0.25, 0.3) is 0 Å². The Morgan fingerprint density at radius 1 is 0.912 bits per heavy atom. The zero-order valence-corrected chi connectivity index (χ0v) is 22.5. The molecule has 0 aliphatic heterocycles. The van der Waals surface area contributed by atoms with Gasteiger partial charge in [-0.2, -0.15) is 0 Å². The van der Waals surface area contributed by atoms with Crippen LogP contribution in [0.15, 0.2) is 11.6 Å². The summed E-state index contributed by atoms with van der Waals surface area (Å²) in [6.45, 7) is 15.8. The van der Waals surface area contributed by atoms with Crippen molar-refractivity contribution in [3.05, 3.63) is 11.6 Å². The van der Waals surface area contributed by atoms with Gasteiger partial charge in [-0.3, -0.25) is 9.59 Å². The summed E-state index contributed by atoms with van der Waals surface area (Å²) in [6, 6.07) is 0. The standard InChI is InChI=1S/C30H46O4/c1-25(2)21-8-11-30(7)23(28(21,5)10-9-22(25)32)20(31)16-18-19-17-27(4,24(33)34)13-12-26(19,3)14-15-29(18,30)6/h16,19,21-23,32H,8-15,17H2,1-7H3,(H,33,34)/t19-,21+,22+,23?,26-,27+,28+,29-,30-/m1/s1. The van der Waals surface area contributed by atoms with Gasteiger partial charge in [-0.1, -0.05) is 47.1 Å². The molecule has 4 nitrogen and oxygen atoms in total. The summed E-state index contributed by atoms with van der Waals surface area (Å²) in [5.41, 5.74) is 0.142. The second-order valence-electron chi connectivity index (χ2n) is 14.9. The molecule has 0 saturated heterocycles. The first kappa shape index (κ1) is 24.5. The fraction of sp³-hybridized carbons (Fsp3) is 0.867. The van der Waals surface area contributed by atoms with E-state index in [1.165, 1.54) is 5.57 Å². The summed E-state index contributed by atoms with van der Waals surface area (Å²) in [6.07, 6.45) is 9.95. The number of carboxylic acid groups (broad SMARTS) is 1. The highest BCUT2D eigenvalue weighted by Gasteiger charge is 2.70. The Morgan fingerprint density at radius 3 is 2.21 bits per heavy atom. The van der Waals surface area contributed by atoms with E-state index in [2.05, 4.69) is 41.5 Å². The molecule has 4 heteroatoms. The highest BCUT2D eigenvalue weighted by molar-refractivity contribution is 5.95. The van der Waals surface area contributed by atoms with Crippen LogP contribution >= 0.6 is 0 Å². The molecule has 5 rings (SSSR count). The molecule has 0 aromatic carbocycles. The first-order valence-corrected chi connectivity index (χ1v) is 13.7. The normalized spacial score (nSPS) is 54.1. The van der Waals surface area contributed by atoms with Crippen LogP contribution < -0.4 is 0 Å². The number of hydrogen-bond donors (Lipinski definition) is 2. The third kappa shape index (κ3) is 2.81. The summed E-state index contributed by atoms with van der Waals surface area (Å²) in [5, 5.41) is 20.9. The molecule has 9 atom stereocenters. The number of aliphatic carboxylic acids is 1. The van der Waals surface area contributed by atoms with E-state index in [9.17, 15) is 19.8 Å². The van der Waals surface area contributed by atoms with Gasteiger partial charge in [0, 0.05) is 5.92 Å². The van der Waals surface area contributed by atoms with Gasteiger partial charge >= 0.3 is 5.97 Å². The van der Waals surface area contributed by atoms with Crippen molar-refractivity contribution in [1.82, 2.24) is 0 Å². The minimum atomic E-state index is -0.711. The molecule has 0 aromatic heterocycles. The molecule has 1 unspecified atom stereocenters. The first-order valence-electron chi connectivity index (χ1n) is 13.7. The molecule has 190 valence electrons. The van der Waals surface area contributed by atoms with Crippen molar-refractivity contribution in [1.29, 1.82) is 0 Å². The zero-order valence-electron chi connectivity index (χ0n) is 22.5. The fourth-order valence-corrected chi connectivity index (χ4v) is 10.4. The molecule has 2 N–H and O–H groups in total. The van der Waals surface area contributed by atoms with Gasteiger partial charge < -0.3 is 10.2 Å². The van der Waals surface area contributed by atoms with E-state index in [1.807, 2.05) is 13.0 Å². The van der Waals surface area contributed by atoms with Crippen LogP contribution in [0, 0.1) is 50.2 Å². The van der Waals surface area contributed by atoms with Gasteiger partial charge in [0.05, 0.1) is 11.5 Å². The number of rotatable bonds is 1. The first-order chi connectivity index (χ1) is 15.6. The number of fused-ring (bicyclic) bond motifs is 7. The number of allylic oxidation sites excluding steroid dienone is 2. The minimum absolute atomic E-state index is 0.0296. The Morgan fingerprint density at radius 2 is 1.56 bits per heavy atom. The molecule has 5 aliphatic carbocycles. The lowest BCUT2D eigenvalue weighted by Crippen LogP contribution is -2.66. The van der Waals surface area contributed by atoms with Crippen LogP contribution in [-0.4, -0.2) is 28.1 Å². The smallest absolute Gasteiger partial charge is 0.309 e. The summed E-state index contributed by atoms with van der Waals surface area (Å²) in [7, 11) is 0. The van der Waals surface area contributed by atoms with Crippen molar-refractivity contribution in [3.8, 4) is 0 Å². The third-order valence-electron chi connectivity index (χ3n) is 13.1. The second-order valence-corrected chi connectivity index (χ2v) is 14.9. The number of hydrogen-bond acceptors (Lipinski definition) is 3. The molecule has 4 fully saturated rings. The molecule has 0 radical (unpaired) electrons. The lowest BCUT2D eigenvalue weighted by molar-refractivity contribution is -0.202. The Hall–Kier alpha value is -1.16. The average molecular weight is 471 g/mol. The van der Waals surface area contributed by atoms with Gasteiger partial charge in [-0.25, -0.2) is 0 Å². The van der Waals surface area contributed by atoms with E-state index in [4.69, 9.17) is 0 Å². The van der Waals surface area contributed by atoms with Crippen molar-refractivity contribution < 1.29 is 19.8 Å². The van der Waals surface area contributed by atoms with E-state index in [0.717, 1.165) is 51.4 Å². The van der Waals surface area contributed by atoms with Crippen LogP contribution in [0.5, 0.6) is 0 Å². The maximum atomic E-state index is 14.2. The van der Waals surface area contributed by atoms with Crippen LogP contribution in [0.3, 0.4) is 0 Å². The summed E-state index contributed by atoms with van der Waals surface area (Å²) < 4.78 is 0. The van der Waals surface area contributed by atoms with Gasteiger partial charge in [0.15, 0.2) is 5.78 Å². The number of carboxylic acids is 1. The topological polar surface area (TPSA) is 74.6 Å². The quantitative estimate of drug-likeness (QED) is 0.464. The Balaban J connectivity index is 1.62. The van der Waals surface area contributed by atoms with E-state index < -0.39 is 11.4 Å². The lowest BCUT2D eigenvalue weighted by Gasteiger charge is -2.70. The molecule has 34 heavy (non-hydrogen) atoms. The summed E-state index contributed by atoms with van der Waals surface area (Å²) >= 11 is 0. The predicted molar refractivity (Wildman–Crippen MR) is 133 cm³/mol. The average Bonchev–Trinajstić information content (AvgIpc) is 2.73. The third-order valence-corrected chi connectivity index (χ3v) is 13.1. The summed E-state index contributed by atoms with van der Waals surface area (Å²) in [4.78, 5) is 26.4. The van der Waals surface area contributed by atoms with Crippen LogP contribution in [0.2, 0.25) is 0 Å². The number of aliphatic hydroxyl groups is 1. The fourth-order valence-electron chi connectivity index (χ4n) is 10.4. The molecular weight excluding hydrogens is 424 g/mol. The molecule has 0 spiro atoms. The van der Waals surface area contributed by atoms with Crippen molar-refractivity contribution in [3.63, 3.8) is 0 Å². The molecule has 0 aromatic rings. The van der Waals surface area contributed by atoms with Gasteiger partial charge in [0.2, 0.25) is 0 Å². The molecular formula is C30H46O4. The zero-order chi connectivity index (χ0) is 25.1. The lowest BCUT2D eigenvalue weighted by atomic mass is 9.33. The van der Waals surface area contributed by atoms with E-state index in [1.54, 1.807) is 0 Å². The number of carbonyl (C=O) groups is 2. The highest BCUT2D eigenvalue weighted by atomic mass is 16.4. The Kier molecular flexibility index (Phi) is 5.04. The number of carbonyl (C=O) groups excluding carboxylic acids is 1. The van der Waals surface area contributed by atoms with Gasteiger partial charge in [-0.05, 0) is 110 Å². The van der Waals surface area contributed by atoms with Crippen LogP contribution in [0.4, 0.5) is 0 Å². The van der Waals surface area contributed by atoms with Gasteiger partial charge in [-0.15, -0.1) is 0 Å². The van der Waals surface area contributed by atoms with Crippen molar-refractivity contribution in [2.24, 2.45) is 50.2 Å². The van der Waals surface area contributed by atoms with Crippen molar-refractivity contribution in [2.75, 3.05) is 0 Å². The molecule has 5 aliphatic rings. The maximum Gasteiger partial charge on any atom is 0.309 e. The van der Waals surface area contributed by atoms with Crippen LogP contribution in [0.1, 0.15) is 106 Å². The maximum absolute atomic E-state index is 14.2. The van der Waals surface area contributed by atoms with Gasteiger partial charge in [0.1, 0.15) is 0 Å². The predicted octanol–water partition coefficient (Wildman–Crippen LogP) is 6.41. The second kappa shape index (κ2) is 6.99. The monoisotopic (exact) mass is 470 g/mol. The van der Waals surface area contributed by atoms with Crippen molar-refractivity contribution in [2.45, 2.75) is 112 Å². The van der Waals surface area contributed by atoms with Crippen molar-refractivity contribution >= 4 is 11.8 Å². The Labute approximate surface area is 206 Å². The van der Waals surface area contributed by atoms with E-state index in [0.29, 0.717) is 12.3 Å².